The average molecular weight is 353 g/mol. The number of rotatable bonds is 3. The van der Waals surface area contributed by atoms with Crippen LogP contribution in [0.5, 0.6) is 5.75 Å². The Kier molecular flexibility index (Phi) is 4.20. The fraction of sp³-hybridized carbons (Fsp3) is 0.0667. The van der Waals surface area contributed by atoms with Gasteiger partial charge in [-0.3, -0.25) is 10.1 Å². The summed E-state index contributed by atoms with van der Waals surface area (Å²) >= 11 is 13.3. The molecule has 0 unspecified atom stereocenters. The quantitative estimate of drug-likeness (QED) is 0.731. The second-order valence-corrected chi connectivity index (χ2v) is 6.22. The Morgan fingerprint density at radius 2 is 2.09 bits per heavy atom. The first-order chi connectivity index (χ1) is 10.6. The standard InChI is InChI=1S/C15H10Cl2N2O2S/c1-21-8-5-6-11-12(7-8)22-15(18-11)19-14(20)9-3-2-4-10(16)13(9)17/h2-7H,1H3,(H,18,19,20). The SMILES string of the molecule is COc1ccc2nc(NC(=O)c3cccc(Cl)c3Cl)sc2c1. The van der Waals surface area contributed by atoms with Crippen LogP contribution in [0.3, 0.4) is 0 Å². The van der Waals surface area contributed by atoms with E-state index >= 15 is 0 Å². The summed E-state index contributed by atoms with van der Waals surface area (Å²) in [6, 6.07) is 10.4. The first kappa shape index (κ1) is 15.1. The number of aromatic nitrogens is 1. The van der Waals surface area contributed by atoms with Crippen molar-refractivity contribution in [2.24, 2.45) is 0 Å². The molecule has 1 heterocycles. The van der Waals surface area contributed by atoms with Gasteiger partial charge in [-0.1, -0.05) is 40.6 Å². The molecule has 0 aliphatic carbocycles. The molecule has 0 aliphatic rings. The molecule has 3 rings (SSSR count). The summed E-state index contributed by atoms with van der Waals surface area (Å²) in [5.41, 5.74) is 1.10. The summed E-state index contributed by atoms with van der Waals surface area (Å²) in [6.07, 6.45) is 0. The Balaban J connectivity index is 1.89. The highest BCUT2D eigenvalue weighted by Gasteiger charge is 2.14. The van der Waals surface area contributed by atoms with Crippen LogP contribution in [0, 0.1) is 0 Å². The number of ether oxygens (including phenoxy) is 1. The van der Waals surface area contributed by atoms with Gasteiger partial charge in [0, 0.05) is 0 Å². The second kappa shape index (κ2) is 6.12. The van der Waals surface area contributed by atoms with Crippen molar-refractivity contribution in [1.29, 1.82) is 0 Å². The molecule has 1 N–H and O–H groups in total. The van der Waals surface area contributed by atoms with Gasteiger partial charge in [0.2, 0.25) is 0 Å². The summed E-state index contributed by atoms with van der Waals surface area (Å²) in [5, 5.41) is 3.79. The molecular weight excluding hydrogens is 343 g/mol. The molecule has 1 aromatic heterocycles. The summed E-state index contributed by atoms with van der Waals surface area (Å²) in [6.45, 7) is 0. The molecule has 0 radical (unpaired) electrons. The van der Waals surface area contributed by atoms with E-state index in [1.807, 2.05) is 18.2 Å². The van der Waals surface area contributed by atoms with E-state index in [-0.39, 0.29) is 10.9 Å². The van der Waals surface area contributed by atoms with Crippen LogP contribution < -0.4 is 10.1 Å². The maximum Gasteiger partial charge on any atom is 0.259 e. The Morgan fingerprint density at radius 3 is 2.86 bits per heavy atom. The molecule has 0 aliphatic heterocycles. The highest BCUT2D eigenvalue weighted by atomic mass is 35.5. The fourth-order valence-electron chi connectivity index (χ4n) is 1.93. The van der Waals surface area contributed by atoms with Crippen LogP contribution in [-0.4, -0.2) is 18.0 Å². The number of amides is 1. The number of methoxy groups -OCH3 is 1. The number of benzene rings is 2. The topological polar surface area (TPSA) is 51.2 Å². The first-order valence-electron chi connectivity index (χ1n) is 6.28. The summed E-state index contributed by atoms with van der Waals surface area (Å²) in [4.78, 5) is 16.6. The molecule has 3 aromatic rings. The minimum Gasteiger partial charge on any atom is -0.497 e. The van der Waals surface area contributed by atoms with Gasteiger partial charge in [0.1, 0.15) is 5.75 Å². The van der Waals surface area contributed by atoms with Crippen molar-refractivity contribution in [2.45, 2.75) is 0 Å². The highest BCUT2D eigenvalue weighted by Crippen LogP contribution is 2.30. The number of hydrogen-bond donors (Lipinski definition) is 1. The van der Waals surface area contributed by atoms with Crippen molar-refractivity contribution >= 4 is 55.8 Å². The first-order valence-corrected chi connectivity index (χ1v) is 7.85. The van der Waals surface area contributed by atoms with Crippen LogP contribution in [0.4, 0.5) is 5.13 Å². The largest absolute Gasteiger partial charge is 0.497 e. The predicted octanol–water partition coefficient (Wildman–Crippen LogP) is 4.86. The number of anilines is 1. The fourth-order valence-corrected chi connectivity index (χ4v) is 3.20. The van der Waals surface area contributed by atoms with Crippen LogP contribution in [0.2, 0.25) is 10.0 Å². The van der Waals surface area contributed by atoms with E-state index in [0.717, 1.165) is 16.0 Å². The molecule has 7 heteroatoms. The number of hydrogen-bond acceptors (Lipinski definition) is 4. The number of carbonyl (C=O) groups is 1. The van der Waals surface area contributed by atoms with Crippen molar-refractivity contribution in [3.05, 3.63) is 52.0 Å². The van der Waals surface area contributed by atoms with Crippen LogP contribution in [0.15, 0.2) is 36.4 Å². The second-order valence-electron chi connectivity index (χ2n) is 4.41. The number of thiazole rings is 1. The van der Waals surface area contributed by atoms with Crippen molar-refractivity contribution in [3.63, 3.8) is 0 Å². The summed E-state index contributed by atoms with van der Waals surface area (Å²) in [5.74, 6) is 0.394. The van der Waals surface area contributed by atoms with Gasteiger partial charge in [-0.25, -0.2) is 4.98 Å². The molecule has 0 atom stereocenters. The number of carbonyl (C=O) groups excluding carboxylic acids is 1. The van der Waals surface area contributed by atoms with E-state index in [9.17, 15) is 4.79 Å². The molecule has 4 nitrogen and oxygen atoms in total. The zero-order valence-electron chi connectivity index (χ0n) is 11.4. The van der Waals surface area contributed by atoms with E-state index in [1.54, 1.807) is 25.3 Å². The smallest absolute Gasteiger partial charge is 0.259 e. The van der Waals surface area contributed by atoms with E-state index in [0.29, 0.717) is 15.7 Å². The molecule has 22 heavy (non-hydrogen) atoms. The van der Waals surface area contributed by atoms with Gasteiger partial charge in [-0.2, -0.15) is 0 Å². The van der Waals surface area contributed by atoms with Crippen molar-refractivity contribution < 1.29 is 9.53 Å². The van der Waals surface area contributed by atoms with Gasteiger partial charge in [0.25, 0.3) is 5.91 Å². The molecule has 1 amide bonds. The monoisotopic (exact) mass is 352 g/mol. The van der Waals surface area contributed by atoms with E-state index in [1.165, 1.54) is 11.3 Å². The lowest BCUT2D eigenvalue weighted by Crippen LogP contribution is -2.12. The molecule has 0 bridgehead atoms. The third kappa shape index (κ3) is 2.88. The average Bonchev–Trinajstić information content (AvgIpc) is 2.90. The highest BCUT2D eigenvalue weighted by molar-refractivity contribution is 7.22. The maximum absolute atomic E-state index is 12.3. The number of halogens is 2. The van der Waals surface area contributed by atoms with Crippen molar-refractivity contribution in [1.82, 2.24) is 4.98 Å². The van der Waals surface area contributed by atoms with E-state index < -0.39 is 0 Å². The maximum atomic E-state index is 12.3. The van der Waals surface area contributed by atoms with Gasteiger partial charge < -0.3 is 4.74 Å². The van der Waals surface area contributed by atoms with Crippen molar-refractivity contribution in [2.75, 3.05) is 12.4 Å². The van der Waals surface area contributed by atoms with Gasteiger partial charge in [0.05, 0.1) is 32.9 Å². The molecular formula is C15H10Cl2N2O2S. The molecule has 0 saturated heterocycles. The van der Waals surface area contributed by atoms with Crippen LogP contribution >= 0.6 is 34.5 Å². The zero-order chi connectivity index (χ0) is 15.7. The van der Waals surface area contributed by atoms with Crippen molar-refractivity contribution in [3.8, 4) is 5.75 Å². The lowest BCUT2D eigenvalue weighted by Gasteiger charge is -2.04. The Labute approximate surface area is 140 Å². The summed E-state index contributed by atoms with van der Waals surface area (Å²) in [7, 11) is 1.60. The van der Waals surface area contributed by atoms with Gasteiger partial charge in [-0.05, 0) is 30.3 Å². The molecule has 112 valence electrons. The molecule has 0 fully saturated rings. The zero-order valence-corrected chi connectivity index (χ0v) is 13.7. The van der Waals surface area contributed by atoms with E-state index in [2.05, 4.69) is 10.3 Å². The van der Waals surface area contributed by atoms with Crippen LogP contribution in [0.25, 0.3) is 10.2 Å². The van der Waals surface area contributed by atoms with Gasteiger partial charge in [-0.15, -0.1) is 0 Å². The molecule has 2 aromatic carbocycles. The lowest BCUT2D eigenvalue weighted by molar-refractivity contribution is 0.102. The Hall–Kier alpha value is -1.82. The van der Waals surface area contributed by atoms with Crippen LogP contribution in [-0.2, 0) is 0 Å². The third-order valence-corrected chi connectivity index (χ3v) is 4.76. The van der Waals surface area contributed by atoms with Gasteiger partial charge >= 0.3 is 0 Å². The number of fused-ring (bicyclic) bond motifs is 1. The predicted molar refractivity (Wildman–Crippen MR) is 90.6 cm³/mol. The number of nitrogens with one attached hydrogen (secondary N) is 1. The Morgan fingerprint density at radius 1 is 1.27 bits per heavy atom. The molecule has 0 spiro atoms. The lowest BCUT2D eigenvalue weighted by atomic mass is 10.2. The Bertz CT molecular complexity index is 864. The summed E-state index contributed by atoms with van der Waals surface area (Å²) < 4.78 is 6.09. The normalized spacial score (nSPS) is 10.7. The minimum atomic E-state index is -0.349. The van der Waals surface area contributed by atoms with E-state index in [4.69, 9.17) is 27.9 Å². The molecule has 0 saturated carbocycles. The van der Waals surface area contributed by atoms with Crippen LogP contribution in [0.1, 0.15) is 10.4 Å². The number of nitrogens with zero attached hydrogens (tertiary/aromatic N) is 1. The minimum absolute atomic E-state index is 0.226. The third-order valence-electron chi connectivity index (χ3n) is 3.01. The van der Waals surface area contributed by atoms with Gasteiger partial charge in [0.15, 0.2) is 5.13 Å².